The van der Waals surface area contributed by atoms with Crippen LogP contribution in [0.15, 0.2) is 18.2 Å². The Hall–Kier alpha value is -1.55. The summed E-state index contributed by atoms with van der Waals surface area (Å²) in [6.45, 7) is 2.22. The Morgan fingerprint density at radius 3 is 3.06 bits per heavy atom. The fraction of sp³-hybridized carbons (Fsp3) is 0.462. The summed E-state index contributed by atoms with van der Waals surface area (Å²) in [4.78, 5) is 13.9. The summed E-state index contributed by atoms with van der Waals surface area (Å²) in [6.07, 6.45) is 0.885. The summed E-state index contributed by atoms with van der Waals surface area (Å²) in [5.41, 5.74) is 1.85. The van der Waals surface area contributed by atoms with E-state index in [4.69, 9.17) is 9.84 Å². The van der Waals surface area contributed by atoms with Gasteiger partial charge in [0.1, 0.15) is 5.75 Å². The highest BCUT2D eigenvalue weighted by atomic mass is 16.5. The summed E-state index contributed by atoms with van der Waals surface area (Å²) in [6, 6.07) is 5.62. The molecule has 0 saturated carbocycles. The van der Waals surface area contributed by atoms with Crippen LogP contribution in [0.1, 0.15) is 15.9 Å². The topological polar surface area (TPSA) is 49.8 Å². The molecule has 0 aromatic heterocycles. The lowest BCUT2D eigenvalue weighted by Gasteiger charge is -2.38. The first-order chi connectivity index (χ1) is 8.28. The quantitative estimate of drug-likeness (QED) is 0.817. The third-order valence-electron chi connectivity index (χ3n) is 3.44. The molecule has 17 heavy (non-hydrogen) atoms. The minimum atomic E-state index is 0.0596. The molecule has 0 radical (unpaired) electrons. The fourth-order valence-electron chi connectivity index (χ4n) is 2.35. The zero-order chi connectivity index (χ0) is 11.8. The van der Waals surface area contributed by atoms with Crippen molar-refractivity contribution in [2.24, 2.45) is 5.92 Å². The molecule has 1 aromatic rings. The van der Waals surface area contributed by atoms with Crippen LogP contribution >= 0.6 is 0 Å². The number of ether oxygens (including phenoxy) is 1. The molecule has 0 aliphatic carbocycles. The molecule has 3 rings (SSSR count). The van der Waals surface area contributed by atoms with Crippen LogP contribution in [0, 0.1) is 5.92 Å². The SMILES string of the molecule is O=C(c1ccc2c(c1)CCO2)N1CC(CO)C1. The van der Waals surface area contributed by atoms with Gasteiger partial charge in [0.15, 0.2) is 0 Å². The highest BCUT2D eigenvalue weighted by molar-refractivity contribution is 5.95. The Bertz CT molecular complexity index is 452. The Kier molecular flexibility index (Phi) is 2.52. The summed E-state index contributed by atoms with van der Waals surface area (Å²) in [5.74, 6) is 1.22. The maximum absolute atomic E-state index is 12.1. The van der Waals surface area contributed by atoms with Crippen molar-refractivity contribution < 1.29 is 14.6 Å². The van der Waals surface area contributed by atoms with E-state index in [1.54, 1.807) is 4.90 Å². The number of likely N-dealkylation sites (tertiary alicyclic amines) is 1. The van der Waals surface area contributed by atoms with Gasteiger partial charge in [0.2, 0.25) is 0 Å². The van der Waals surface area contributed by atoms with Gasteiger partial charge in [-0.15, -0.1) is 0 Å². The molecular weight excluding hydrogens is 218 g/mol. The smallest absolute Gasteiger partial charge is 0.253 e. The van der Waals surface area contributed by atoms with Gasteiger partial charge in [-0.1, -0.05) is 0 Å². The Morgan fingerprint density at radius 2 is 2.29 bits per heavy atom. The van der Waals surface area contributed by atoms with Gasteiger partial charge in [-0.2, -0.15) is 0 Å². The second kappa shape index (κ2) is 4.04. The zero-order valence-electron chi connectivity index (χ0n) is 9.56. The van der Waals surface area contributed by atoms with E-state index in [0.29, 0.717) is 19.7 Å². The summed E-state index contributed by atoms with van der Waals surface area (Å²) in [7, 11) is 0. The summed E-state index contributed by atoms with van der Waals surface area (Å²) < 4.78 is 5.41. The molecule has 0 unspecified atom stereocenters. The van der Waals surface area contributed by atoms with Crippen LogP contribution in [0.5, 0.6) is 5.75 Å². The van der Waals surface area contributed by atoms with Gasteiger partial charge in [0, 0.05) is 37.6 Å². The lowest BCUT2D eigenvalue weighted by atomic mass is 9.99. The first-order valence-corrected chi connectivity index (χ1v) is 5.94. The lowest BCUT2D eigenvalue weighted by Crippen LogP contribution is -2.51. The van der Waals surface area contributed by atoms with Gasteiger partial charge >= 0.3 is 0 Å². The lowest BCUT2D eigenvalue weighted by molar-refractivity contribution is 0.0362. The molecule has 2 heterocycles. The number of carbonyl (C=O) groups is 1. The van der Waals surface area contributed by atoms with Crippen LogP contribution in [0.3, 0.4) is 0 Å². The molecule has 1 saturated heterocycles. The molecule has 1 fully saturated rings. The van der Waals surface area contributed by atoms with Gasteiger partial charge in [0.05, 0.1) is 6.61 Å². The van der Waals surface area contributed by atoms with Gasteiger partial charge < -0.3 is 14.7 Å². The molecule has 4 heteroatoms. The minimum absolute atomic E-state index is 0.0596. The molecule has 2 aliphatic rings. The number of nitrogens with zero attached hydrogens (tertiary/aromatic N) is 1. The number of hydrogen-bond donors (Lipinski definition) is 1. The van der Waals surface area contributed by atoms with Crippen molar-refractivity contribution in [3.63, 3.8) is 0 Å². The molecule has 0 bridgehead atoms. The molecule has 1 aromatic carbocycles. The van der Waals surface area contributed by atoms with Crippen molar-refractivity contribution in [2.75, 3.05) is 26.3 Å². The van der Waals surface area contributed by atoms with Crippen molar-refractivity contribution in [2.45, 2.75) is 6.42 Å². The van der Waals surface area contributed by atoms with Crippen molar-refractivity contribution >= 4 is 5.91 Å². The largest absolute Gasteiger partial charge is 0.493 e. The standard InChI is InChI=1S/C13H15NO3/c15-8-9-6-14(7-9)13(16)11-1-2-12-10(5-11)3-4-17-12/h1-2,5,9,15H,3-4,6-8H2. The number of fused-ring (bicyclic) bond motifs is 1. The number of aliphatic hydroxyl groups excluding tert-OH is 1. The second-order valence-electron chi connectivity index (χ2n) is 4.68. The monoisotopic (exact) mass is 233 g/mol. The predicted molar refractivity (Wildman–Crippen MR) is 62.1 cm³/mol. The number of amides is 1. The first-order valence-electron chi connectivity index (χ1n) is 5.94. The van der Waals surface area contributed by atoms with Crippen LogP contribution in [-0.2, 0) is 6.42 Å². The van der Waals surface area contributed by atoms with E-state index >= 15 is 0 Å². The van der Waals surface area contributed by atoms with E-state index in [1.807, 2.05) is 18.2 Å². The summed E-state index contributed by atoms with van der Waals surface area (Å²) >= 11 is 0. The number of benzene rings is 1. The molecule has 4 nitrogen and oxygen atoms in total. The maximum atomic E-state index is 12.1. The van der Waals surface area contributed by atoms with Gasteiger partial charge in [-0.05, 0) is 23.8 Å². The average molecular weight is 233 g/mol. The van der Waals surface area contributed by atoms with E-state index in [9.17, 15) is 4.79 Å². The molecule has 0 atom stereocenters. The van der Waals surface area contributed by atoms with E-state index in [1.165, 1.54) is 0 Å². The fourth-order valence-corrected chi connectivity index (χ4v) is 2.35. The molecule has 90 valence electrons. The number of aliphatic hydroxyl groups is 1. The number of rotatable bonds is 2. The Labute approximate surface area is 99.8 Å². The normalized spacial score (nSPS) is 18.5. The average Bonchev–Trinajstić information content (AvgIpc) is 2.74. The van der Waals surface area contributed by atoms with Crippen LogP contribution in [-0.4, -0.2) is 42.2 Å². The van der Waals surface area contributed by atoms with E-state index in [-0.39, 0.29) is 18.4 Å². The van der Waals surface area contributed by atoms with E-state index in [0.717, 1.165) is 23.3 Å². The predicted octanol–water partition coefficient (Wildman–Crippen LogP) is 0.686. The van der Waals surface area contributed by atoms with Gasteiger partial charge in [-0.3, -0.25) is 4.79 Å². The molecular formula is C13H15NO3. The van der Waals surface area contributed by atoms with Crippen LogP contribution < -0.4 is 4.74 Å². The maximum Gasteiger partial charge on any atom is 0.253 e. The van der Waals surface area contributed by atoms with Crippen LogP contribution in [0.2, 0.25) is 0 Å². The third-order valence-corrected chi connectivity index (χ3v) is 3.44. The highest BCUT2D eigenvalue weighted by Crippen LogP contribution is 2.27. The highest BCUT2D eigenvalue weighted by Gasteiger charge is 2.30. The van der Waals surface area contributed by atoms with Gasteiger partial charge in [-0.25, -0.2) is 0 Å². The van der Waals surface area contributed by atoms with Crippen LogP contribution in [0.4, 0.5) is 0 Å². The molecule has 1 amide bonds. The molecule has 1 N–H and O–H groups in total. The first kappa shape index (κ1) is 10.6. The number of hydrogen-bond acceptors (Lipinski definition) is 3. The second-order valence-corrected chi connectivity index (χ2v) is 4.68. The third kappa shape index (κ3) is 1.78. The number of carbonyl (C=O) groups excluding carboxylic acids is 1. The van der Waals surface area contributed by atoms with Crippen molar-refractivity contribution in [3.05, 3.63) is 29.3 Å². The van der Waals surface area contributed by atoms with Gasteiger partial charge in [0.25, 0.3) is 5.91 Å². The van der Waals surface area contributed by atoms with Crippen molar-refractivity contribution in [1.29, 1.82) is 0 Å². The van der Waals surface area contributed by atoms with Crippen molar-refractivity contribution in [3.8, 4) is 5.75 Å². The molecule has 2 aliphatic heterocycles. The molecule has 0 spiro atoms. The van der Waals surface area contributed by atoms with Crippen molar-refractivity contribution in [1.82, 2.24) is 4.90 Å². The zero-order valence-corrected chi connectivity index (χ0v) is 9.56. The Balaban J connectivity index is 1.74. The van der Waals surface area contributed by atoms with E-state index in [2.05, 4.69) is 0 Å². The summed E-state index contributed by atoms with van der Waals surface area (Å²) in [5, 5.41) is 8.93. The van der Waals surface area contributed by atoms with Crippen LogP contribution in [0.25, 0.3) is 0 Å². The van der Waals surface area contributed by atoms with E-state index < -0.39 is 0 Å². The minimum Gasteiger partial charge on any atom is -0.493 e. The Morgan fingerprint density at radius 1 is 1.47 bits per heavy atom.